The fourth-order valence-corrected chi connectivity index (χ4v) is 2.63. The number of rotatable bonds is 7. The topological polar surface area (TPSA) is 33.3 Å². The van der Waals surface area contributed by atoms with Crippen molar-refractivity contribution in [1.82, 2.24) is 5.32 Å². The zero-order valence-electron chi connectivity index (χ0n) is 13.1. The van der Waals surface area contributed by atoms with Crippen molar-refractivity contribution in [1.29, 1.82) is 0 Å². The number of hydrogen-bond donors (Lipinski definition) is 2. The molecule has 5 heteroatoms. The second-order valence-corrected chi connectivity index (χ2v) is 6.01. The van der Waals surface area contributed by atoms with E-state index < -0.39 is 0 Å². The van der Waals surface area contributed by atoms with Gasteiger partial charge in [-0.15, -0.1) is 0 Å². The molecule has 0 heterocycles. The fourth-order valence-electron chi connectivity index (χ4n) is 2.25. The van der Waals surface area contributed by atoms with E-state index in [1.807, 2.05) is 12.1 Å². The van der Waals surface area contributed by atoms with Crippen molar-refractivity contribution in [2.45, 2.75) is 19.3 Å². The average molecular weight is 349 g/mol. The summed E-state index contributed by atoms with van der Waals surface area (Å²) in [6.45, 7) is 0.835. The Balaban J connectivity index is 1.70. The quantitative estimate of drug-likeness (QED) is 0.563. The second-order valence-electron chi connectivity index (χ2n) is 5.17. The van der Waals surface area contributed by atoms with Crippen molar-refractivity contribution in [2.75, 3.05) is 19.0 Å². The second kappa shape index (κ2) is 9.38. The predicted octanol–water partition coefficient (Wildman–Crippen LogP) is 4.66. The molecule has 0 aliphatic heterocycles. The molecule has 122 valence electrons. The summed E-state index contributed by atoms with van der Waals surface area (Å²) in [5, 5.41) is 7.54. The van der Waals surface area contributed by atoms with E-state index in [9.17, 15) is 0 Å². The van der Waals surface area contributed by atoms with Gasteiger partial charge in [-0.2, -0.15) is 0 Å². The zero-order chi connectivity index (χ0) is 16.5. The molecule has 0 unspecified atom stereocenters. The number of unbranched alkanes of at least 4 members (excludes halogenated alkanes) is 1. The summed E-state index contributed by atoms with van der Waals surface area (Å²) in [5.41, 5.74) is 2.14. The van der Waals surface area contributed by atoms with E-state index in [0.29, 0.717) is 15.9 Å². The molecule has 0 aliphatic rings. The third-order valence-electron chi connectivity index (χ3n) is 3.43. The van der Waals surface area contributed by atoms with Gasteiger partial charge in [0.1, 0.15) is 5.75 Å². The minimum Gasteiger partial charge on any atom is -0.495 e. The minimum absolute atomic E-state index is 0.574. The number of anilines is 1. The number of methoxy groups -OCH3 is 1. The van der Waals surface area contributed by atoms with Crippen molar-refractivity contribution in [3.63, 3.8) is 0 Å². The van der Waals surface area contributed by atoms with Crippen LogP contribution in [0.4, 0.5) is 5.69 Å². The maximum absolute atomic E-state index is 6.00. The molecule has 0 fully saturated rings. The van der Waals surface area contributed by atoms with E-state index in [2.05, 4.69) is 34.9 Å². The van der Waals surface area contributed by atoms with E-state index in [4.69, 9.17) is 28.6 Å². The molecule has 23 heavy (non-hydrogen) atoms. The lowest BCUT2D eigenvalue weighted by Crippen LogP contribution is -2.29. The van der Waals surface area contributed by atoms with Crippen LogP contribution in [0.3, 0.4) is 0 Å². The molecule has 0 saturated carbocycles. The van der Waals surface area contributed by atoms with Gasteiger partial charge in [-0.25, -0.2) is 0 Å². The Labute approximate surface area is 148 Å². The summed E-state index contributed by atoms with van der Waals surface area (Å²) in [4.78, 5) is 0. The molecule has 0 saturated heterocycles. The first-order chi connectivity index (χ1) is 11.2. The summed E-state index contributed by atoms with van der Waals surface area (Å²) < 4.78 is 5.28. The van der Waals surface area contributed by atoms with E-state index in [0.717, 1.165) is 31.5 Å². The van der Waals surface area contributed by atoms with Crippen LogP contribution >= 0.6 is 23.8 Å². The molecule has 0 bridgehead atoms. The van der Waals surface area contributed by atoms with Crippen LogP contribution in [0.25, 0.3) is 0 Å². The van der Waals surface area contributed by atoms with E-state index in [1.54, 1.807) is 19.2 Å². The lowest BCUT2D eigenvalue weighted by molar-refractivity contribution is 0.417. The summed E-state index contributed by atoms with van der Waals surface area (Å²) in [6, 6.07) is 15.9. The monoisotopic (exact) mass is 348 g/mol. The van der Waals surface area contributed by atoms with Gasteiger partial charge in [-0.05, 0) is 55.2 Å². The molecular weight excluding hydrogens is 328 g/mol. The number of benzene rings is 2. The maximum atomic E-state index is 6.00. The summed E-state index contributed by atoms with van der Waals surface area (Å²) in [6.07, 6.45) is 3.27. The number of halogens is 1. The molecule has 0 amide bonds. The van der Waals surface area contributed by atoms with Crippen LogP contribution in [0.15, 0.2) is 48.5 Å². The first kappa shape index (κ1) is 17.6. The number of nitrogens with one attached hydrogen (secondary N) is 2. The van der Waals surface area contributed by atoms with Gasteiger partial charge < -0.3 is 15.4 Å². The van der Waals surface area contributed by atoms with Gasteiger partial charge in [0, 0.05) is 11.6 Å². The maximum Gasteiger partial charge on any atom is 0.170 e. The molecule has 0 atom stereocenters. The SMILES string of the molecule is COc1ccc(Cl)cc1NC(=S)NCCCCc1ccccc1. The Kier molecular flexibility index (Phi) is 7.17. The molecule has 2 aromatic rings. The van der Waals surface area contributed by atoms with Crippen LogP contribution in [0.5, 0.6) is 5.75 Å². The van der Waals surface area contributed by atoms with Crippen molar-refractivity contribution < 1.29 is 4.74 Å². The summed E-state index contributed by atoms with van der Waals surface area (Å²) in [7, 11) is 1.62. The Morgan fingerprint density at radius 2 is 1.91 bits per heavy atom. The molecule has 0 aliphatic carbocycles. The average Bonchev–Trinajstić information content (AvgIpc) is 2.56. The van der Waals surface area contributed by atoms with Gasteiger partial charge in [-0.3, -0.25) is 0 Å². The van der Waals surface area contributed by atoms with E-state index in [-0.39, 0.29) is 0 Å². The molecular formula is C18H21ClN2OS. The normalized spacial score (nSPS) is 10.2. The highest BCUT2D eigenvalue weighted by molar-refractivity contribution is 7.80. The Bertz CT molecular complexity index is 634. The van der Waals surface area contributed by atoms with Crippen molar-refractivity contribution in [3.8, 4) is 5.75 Å². The van der Waals surface area contributed by atoms with Crippen LogP contribution in [-0.2, 0) is 6.42 Å². The minimum atomic E-state index is 0.574. The number of ether oxygens (including phenoxy) is 1. The number of aryl methyl sites for hydroxylation is 1. The van der Waals surface area contributed by atoms with Crippen LogP contribution in [-0.4, -0.2) is 18.8 Å². The van der Waals surface area contributed by atoms with Gasteiger partial charge in [0.2, 0.25) is 0 Å². The summed E-state index contributed by atoms with van der Waals surface area (Å²) in [5.74, 6) is 0.711. The van der Waals surface area contributed by atoms with Crippen LogP contribution in [0, 0.1) is 0 Å². The van der Waals surface area contributed by atoms with Gasteiger partial charge in [0.15, 0.2) is 5.11 Å². The Morgan fingerprint density at radius 3 is 2.65 bits per heavy atom. The molecule has 3 nitrogen and oxygen atoms in total. The van der Waals surface area contributed by atoms with Gasteiger partial charge in [0.25, 0.3) is 0 Å². The molecule has 2 aromatic carbocycles. The van der Waals surface area contributed by atoms with Crippen molar-refractivity contribution in [3.05, 3.63) is 59.1 Å². The number of hydrogen-bond acceptors (Lipinski definition) is 2. The third-order valence-corrected chi connectivity index (χ3v) is 3.91. The number of thiocarbonyl (C=S) groups is 1. The largest absolute Gasteiger partial charge is 0.495 e. The lowest BCUT2D eigenvalue weighted by Gasteiger charge is -2.13. The molecule has 2 rings (SSSR count). The van der Waals surface area contributed by atoms with Crippen LogP contribution in [0.1, 0.15) is 18.4 Å². The van der Waals surface area contributed by atoms with E-state index >= 15 is 0 Å². The Morgan fingerprint density at radius 1 is 1.13 bits per heavy atom. The molecule has 0 radical (unpaired) electrons. The van der Waals surface area contributed by atoms with Gasteiger partial charge in [-0.1, -0.05) is 41.9 Å². The van der Waals surface area contributed by atoms with Gasteiger partial charge in [0.05, 0.1) is 12.8 Å². The zero-order valence-corrected chi connectivity index (χ0v) is 14.7. The van der Waals surface area contributed by atoms with Gasteiger partial charge >= 0.3 is 0 Å². The first-order valence-corrected chi connectivity index (χ1v) is 8.40. The standard InChI is InChI=1S/C18H21ClN2OS/c1-22-17-11-10-15(19)13-16(17)21-18(23)20-12-6-5-9-14-7-3-2-4-8-14/h2-4,7-8,10-11,13H,5-6,9,12H2,1H3,(H2,20,21,23). The highest BCUT2D eigenvalue weighted by atomic mass is 35.5. The summed E-state index contributed by atoms with van der Waals surface area (Å²) >= 11 is 11.3. The predicted molar refractivity (Wildman–Crippen MR) is 102 cm³/mol. The lowest BCUT2D eigenvalue weighted by atomic mass is 10.1. The first-order valence-electron chi connectivity index (χ1n) is 7.61. The molecule has 2 N–H and O–H groups in total. The van der Waals surface area contributed by atoms with Crippen molar-refractivity contribution in [2.24, 2.45) is 0 Å². The van der Waals surface area contributed by atoms with Crippen LogP contribution in [0.2, 0.25) is 5.02 Å². The van der Waals surface area contributed by atoms with E-state index in [1.165, 1.54) is 5.56 Å². The molecule has 0 spiro atoms. The fraction of sp³-hybridized carbons (Fsp3) is 0.278. The van der Waals surface area contributed by atoms with Crippen LogP contribution < -0.4 is 15.4 Å². The highest BCUT2D eigenvalue weighted by Gasteiger charge is 2.05. The third kappa shape index (κ3) is 6.08. The highest BCUT2D eigenvalue weighted by Crippen LogP contribution is 2.27. The Hall–Kier alpha value is -1.78. The van der Waals surface area contributed by atoms with Crippen molar-refractivity contribution >= 4 is 34.6 Å². The molecule has 0 aromatic heterocycles. The smallest absolute Gasteiger partial charge is 0.170 e.